The van der Waals surface area contributed by atoms with Crippen LogP contribution in [0.15, 0.2) is 48.5 Å². The zero-order valence-electron chi connectivity index (χ0n) is 10.2. The predicted octanol–water partition coefficient (Wildman–Crippen LogP) is 5.55. The Hall–Kier alpha value is -0.700. The average molecular weight is 360 g/mol. The molecule has 0 saturated heterocycles. The average Bonchev–Trinajstić information content (AvgIpc) is 2.39. The second-order valence-corrected chi connectivity index (χ2v) is 5.70. The molecule has 1 atom stereocenters. The van der Waals surface area contributed by atoms with E-state index in [-0.39, 0.29) is 0 Å². The maximum atomic E-state index is 5.94. The van der Waals surface area contributed by atoms with Crippen LogP contribution in [0.4, 0.5) is 0 Å². The summed E-state index contributed by atoms with van der Waals surface area (Å²) >= 11 is 15.4. The lowest BCUT2D eigenvalue weighted by Gasteiger charge is -2.16. The molecule has 2 aromatic rings. The molecule has 1 nitrogen and oxygen atoms in total. The molecule has 0 bridgehead atoms. The highest BCUT2D eigenvalue weighted by molar-refractivity contribution is 9.09. The van der Waals surface area contributed by atoms with Gasteiger partial charge in [-0.15, -0.1) is 0 Å². The van der Waals surface area contributed by atoms with Gasteiger partial charge >= 0.3 is 0 Å². The van der Waals surface area contributed by atoms with Gasteiger partial charge in [0.1, 0.15) is 5.75 Å². The lowest BCUT2D eigenvalue weighted by atomic mass is 10.0. The number of hydrogen-bond acceptors (Lipinski definition) is 1. The van der Waals surface area contributed by atoms with Crippen LogP contribution in [0.3, 0.4) is 0 Å². The Bertz CT molecular complexity index is 511. The van der Waals surface area contributed by atoms with Crippen molar-refractivity contribution in [3.05, 3.63) is 64.1 Å². The third-order valence-corrected chi connectivity index (χ3v) is 3.96. The van der Waals surface area contributed by atoms with E-state index in [4.69, 9.17) is 27.9 Å². The van der Waals surface area contributed by atoms with Gasteiger partial charge in [-0.3, -0.25) is 0 Å². The van der Waals surface area contributed by atoms with Crippen molar-refractivity contribution in [2.45, 2.75) is 5.92 Å². The zero-order chi connectivity index (χ0) is 13.7. The van der Waals surface area contributed by atoms with E-state index in [0.717, 1.165) is 5.33 Å². The van der Waals surface area contributed by atoms with E-state index in [9.17, 15) is 0 Å². The molecule has 0 aliphatic heterocycles. The van der Waals surface area contributed by atoms with Crippen LogP contribution in [0.5, 0.6) is 5.75 Å². The minimum absolute atomic E-state index is 0.291. The third kappa shape index (κ3) is 4.41. The van der Waals surface area contributed by atoms with Crippen LogP contribution in [0.25, 0.3) is 0 Å². The van der Waals surface area contributed by atoms with Gasteiger partial charge in [-0.1, -0.05) is 69.5 Å². The lowest BCUT2D eigenvalue weighted by molar-refractivity contribution is 0.298. The molecule has 0 saturated carbocycles. The van der Waals surface area contributed by atoms with Crippen LogP contribution in [-0.2, 0) is 0 Å². The Morgan fingerprint density at radius 1 is 1.00 bits per heavy atom. The van der Waals surface area contributed by atoms with Gasteiger partial charge in [-0.05, 0) is 23.8 Å². The fourth-order valence-corrected chi connectivity index (χ4v) is 2.83. The quantitative estimate of drug-likeness (QED) is 0.636. The molecular formula is C15H13BrCl2O. The molecular weight excluding hydrogens is 347 g/mol. The third-order valence-electron chi connectivity index (χ3n) is 2.74. The Morgan fingerprint density at radius 2 is 1.63 bits per heavy atom. The molecule has 0 amide bonds. The van der Waals surface area contributed by atoms with Gasteiger partial charge in [0.15, 0.2) is 0 Å². The van der Waals surface area contributed by atoms with Crippen LogP contribution < -0.4 is 4.74 Å². The van der Waals surface area contributed by atoms with Gasteiger partial charge in [0, 0.05) is 21.3 Å². The van der Waals surface area contributed by atoms with Crippen LogP contribution in [0, 0.1) is 0 Å². The van der Waals surface area contributed by atoms with E-state index < -0.39 is 0 Å². The highest BCUT2D eigenvalue weighted by Crippen LogP contribution is 2.26. The molecule has 0 spiro atoms. The van der Waals surface area contributed by atoms with Gasteiger partial charge in [0.2, 0.25) is 0 Å². The second kappa shape index (κ2) is 7.18. The summed E-state index contributed by atoms with van der Waals surface area (Å²) in [6, 6.07) is 15.5. The van der Waals surface area contributed by atoms with Crippen LogP contribution >= 0.6 is 39.1 Å². The monoisotopic (exact) mass is 358 g/mol. The number of halogens is 3. The van der Waals surface area contributed by atoms with Gasteiger partial charge in [-0.2, -0.15) is 0 Å². The standard InChI is InChI=1S/C15H13BrCl2O/c16-9-12(11-4-2-1-3-5-11)10-19-15-7-13(17)6-14(18)8-15/h1-8,12H,9-10H2. The first-order valence-electron chi connectivity index (χ1n) is 5.89. The van der Waals surface area contributed by atoms with Crippen LogP contribution in [-0.4, -0.2) is 11.9 Å². The Balaban J connectivity index is 2.04. The SMILES string of the molecule is Clc1cc(Cl)cc(OCC(CBr)c2ccccc2)c1. The summed E-state index contributed by atoms with van der Waals surface area (Å²) in [7, 11) is 0. The Labute approximate surface area is 131 Å². The van der Waals surface area contributed by atoms with Gasteiger partial charge < -0.3 is 4.74 Å². The van der Waals surface area contributed by atoms with Crippen LogP contribution in [0.1, 0.15) is 11.5 Å². The largest absolute Gasteiger partial charge is 0.493 e. The molecule has 4 heteroatoms. The topological polar surface area (TPSA) is 9.23 Å². The molecule has 19 heavy (non-hydrogen) atoms. The first kappa shape index (κ1) is 14.7. The summed E-state index contributed by atoms with van der Waals surface area (Å²) in [5.74, 6) is 0.985. The van der Waals surface area contributed by atoms with Crippen molar-refractivity contribution in [2.75, 3.05) is 11.9 Å². The number of benzene rings is 2. The van der Waals surface area contributed by atoms with Gasteiger partial charge in [-0.25, -0.2) is 0 Å². The fourth-order valence-electron chi connectivity index (χ4n) is 1.76. The first-order chi connectivity index (χ1) is 9.19. The summed E-state index contributed by atoms with van der Waals surface area (Å²) in [6.07, 6.45) is 0. The van der Waals surface area contributed by atoms with Crippen molar-refractivity contribution < 1.29 is 4.74 Å². The van der Waals surface area contributed by atoms with E-state index in [0.29, 0.717) is 28.3 Å². The summed E-state index contributed by atoms with van der Waals surface area (Å²) in [5, 5.41) is 2.00. The van der Waals surface area contributed by atoms with Crippen molar-refractivity contribution in [2.24, 2.45) is 0 Å². The number of ether oxygens (including phenoxy) is 1. The molecule has 0 heterocycles. The van der Waals surface area contributed by atoms with E-state index in [1.54, 1.807) is 18.2 Å². The zero-order valence-corrected chi connectivity index (χ0v) is 13.3. The van der Waals surface area contributed by atoms with Crippen molar-refractivity contribution in [1.29, 1.82) is 0 Å². The molecule has 0 aliphatic rings. The summed E-state index contributed by atoms with van der Waals surface area (Å²) in [6.45, 7) is 0.575. The maximum Gasteiger partial charge on any atom is 0.122 e. The van der Waals surface area contributed by atoms with E-state index in [1.807, 2.05) is 18.2 Å². The lowest BCUT2D eigenvalue weighted by Crippen LogP contribution is -2.11. The number of hydrogen-bond donors (Lipinski definition) is 0. The molecule has 0 aliphatic carbocycles. The molecule has 0 N–H and O–H groups in total. The molecule has 2 aromatic carbocycles. The summed E-state index contributed by atoms with van der Waals surface area (Å²) in [4.78, 5) is 0. The smallest absolute Gasteiger partial charge is 0.122 e. The molecule has 100 valence electrons. The molecule has 0 radical (unpaired) electrons. The van der Waals surface area contributed by atoms with E-state index >= 15 is 0 Å². The number of rotatable bonds is 5. The minimum Gasteiger partial charge on any atom is -0.493 e. The predicted molar refractivity (Wildman–Crippen MR) is 84.9 cm³/mol. The van der Waals surface area contributed by atoms with Gasteiger partial charge in [0.05, 0.1) is 6.61 Å². The van der Waals surface area contributed by atoms with Gasteiger partial charge in [0.25, 0.3) is 0 Å². The Kier molecular flexibility index (Phi) is 5.56. The fraction of sp³-hybridized carbons (Fsp3) is 0.200. The molecule has 0 aromatic heterocycles. The Morgan fingerprint density at radius 3 is 2.21 bits per heavy atom. The minimum atomic E-state index is 0.291. The molecule has 1 unspecified atom stereocenters. The molecule has 2 rings (SSSR count). The summed E-state index contributed by atoms with van der Waals surface area (Å²) < 4.78 is 5.78. The first-order valence-corrected chi connectivity index (χ1v) is 7.76. The van der Waals surface area contributed by atoms with Crippen molar-refractivity contribution >= 4 is 39.1 Å². The van der Waals surface area contributed by atoms with E-state index in [2.05, 4.69) is 28.1 Å². The maximum absolute atomic E-state index is 5.94. The second-order valence-electron chi connectivity index (χ2n) is 4.18. The van der Waals surface area contributed by atoms with Crippen molar-refractivity contribution in [1.82, 2.24) is 0 Å². The molecule has 0 fully saturated rings. The van der Waals surface area contributed by atoms with Crippen molar-refractivity contribution in [3.63, 3.8) is 0 Å². The summed E-state index contributed by atoms with van der Waals surface area (Å²) in [5.41, 5.74) is 1.24. The van der Waals surface area contributed by atoms with E-state index in [1.165, 1.54) is 5.56 Å². The highest BCUT2D eigenvalue weighted by Gasteiger charge is 2.11. The van der Waals surface area contributed by atoms with Crippen molar-refractivity contribution in [3.8, 4) is 5.75 Å². The highest BCUT2D eigenvalue weighted by atomic mass is 79.9. The number of alkyl halides is 1. The van der Waals surface area contributed by atoms with Crippen LogP contribution in [0.2, 0.25) is 10.0 Å². The normalized spacial score (nSPS) is 12.2.